The second-order valence-electron chi connectivity index (χ2n) is 4.79. The van der Waals surface area contributed by atoms with Crippen molar-refractivity contribution in [1.29, 1.82) is 0 Å². The maximum Gasteiger partial charge on any atom is 0.119 e. The fourth-order valence-corrected chi connectivity index (χ4v) is 2.22. The second kappa shape index (κ2) is 5.41. The molecule has 1 N–H and O–H groups in total. The topological polar surface area (TPSA) is 38.7 Å². The van der Waals surface area contributed by atoms with Crippen LogP contribution in [0.5, 0.6) is 11.5 Å². The van der Waals surface area contributed by atoms with Gasteiger partial charge in [-0.15, -0.1) is 0 Å². The Labute approximate surface area is 102 Å². The summed E-state index contributed by atoms with van der Waals surface area (Å²) >= 11 is 0. The van der Waals surface area contributed by atoms with Crippen LogP contribution < -0.4 is 9.47 Å². The summed E-state index contributed by atoms with van der Waals surface area (Å²) in [5.41, 5.74) is 0.145. The highest BCUT2D eigenvalue weighted by Gasteiger charge is 2.35. The summed E-state index contributed by atoms with van der Waals surface area (Å²) in [6.07, 6.45) is 4.45. The van der Waals surface area contributed by atoms with Crippen molar-refractivity contribution in [3.05, 3.63) is 24.3 Å². The molecule has 0 radical (unpaired) electrons. The standard InChI is InChI=1S/C14H20O3/c1-16-12-3-5-13(6-4-12)17-10-9-14(11-15)7-2-8-14/h3-6,15H,2,7-11H2,1H3. The summed E-state index contributed by atoms with van der Waals surface area (Å²) in [6.45, 7) is 0.964. The van der Waals surface area contributed by atoms with Crippen LogP contribution in [0.15, 0.2) is 24.3 Å². The molecule has 3 nitrogen and oxygen atoms in total. The van der Waals surface area contributed by atoms with Crippen LogP contribution in [0.3, 0.4) is 0 Å². The van der Waals surface area contributed by atoms with E-state index in [1.165, 1.54) is 6.42 Å². The van der Waals surface area contributed by atoms with Gasteiger partial charge < -0.3 is 14.6 Å². The normalized spacial score (nSPS) is 17.3. The number of hydrogen-bond acceptors (Lipinski definition) is 3. The molecule has 1 aliphatic rings. The number of benzene rings is 1. The number of ether oxygens (including phenoxy) is 2. The SMILES string of the molecule is COc1ccc(OCCC2(CO)CCC2)cc1. The predicted molar refractivity (Wildman–Crippen MR) is 66.5 cm³/mol. The molecule has 1 aromatic rings. The lowest BCUT2D eigenvalue weighted by Gasteiger charge is -2.40. The first-order valence-corrected chi connectivity index (χ1v) is 6.16. The zero-order valence-corrected chi connectivity index (χ0v) is 10.3. The van der Waals surface area contributed by atoms with Crippen molar-refractivity contribution in [3.8, 4) is 11.5 Å². The summed E-state index contributed by atoms with van der Waals surface area (Å²) < 4.78 is 10.8. The number of hydrogen-bond donors (Lipinski definition) is 1. The van der Waals surface area contributed by atoms with E-state index in [4.69, 9.17) is 9.47 Å². The van der Waals surface area contributed by atoms with E-state index >= 15 is 0 Å². The van der Waals surface area contributed by atoms with Gasteiger partial charge in [-0.3, -0.25) is 0 Å². The van der Waals surface area contributed by atoms with E-state index in [1.807, 2.05) is 24.3 Å². The fourth-order valence-electron chi connectivity index (χ4n) is 2.22. The molecule has 0 heterocycles. The quantitative estimate of drug-likeness (QED) is 0.825. The van der Waals surface area contributed by atoms with Gasteiger partial charge in [0, 0.05) is 6.61 Å². The fraction of sp³-hybridized carbons (Fsp3) is 0.571. The molecule has 1 aromatic carbocycles. The smallest absolute Gasteiger partial charge is 0.119 e. The van der Waals surface area contributed by atoms with Crippen molar-refractivity contribution in [2.75, 3.05) is 20.3 Å². The largest absolute Gasteiger partial charge is 0.497 e. The maximum absolute atomic E-state index is 9.33. The Kier molecular flexibility index (Phi) is 3.89. The average Bonchev–Trinajstić information content (AvgIpc) is 2.33. The Morgan fingerprint density at radius 1 is 1.18 bits per heavy atom. The second-order valence-corrected chi connectivity index (χ2v) is 4.79. The summed E-state index contributed by atoms with van der Waals surface area (Å²) in [7, 11) is 1.65. The van der Waals surface area contributed by atoms with Crippen LogP contribution in [0.1, 0.15) is 25.7 Å². The Hall–Kier alpha value is -1.22. The molecule has 17 heavy (non-hydrogen) atoms. The lowest BCUT2D eigenvalue weighted by Crippen LogP contribution is -2.34. The highest BCUT2D eigenvalue weighted by molar-refractivity contribution is 5.31. The molecule has 2 rings (SSSR count). The monoisotopic (exact) mass is 236 g/mol. The Bertz CT molecular complexity index is 335. The highest BCUT2D eigenvalue weighted by atomic mass is 16.5. The minimum absolute atomic E-state index is 0.145. The van der Waals surface area contributed by atoms with Crippen molar-refractivity contribution in [1.82, 2.24) is 0 Å². The van der Waals surface area contributed by atoms with E-state index in [0.717, 1.165) is 30.8 Å². The number of rotatable bonds is 6. The highest BCUT2D eigenvalue weighted by Crippen LogP contribution is 2.43. The molecule has 1 aliphatic carbocycles. The van der Waals surface area contributed by atoms with E-state index in [-0.39, 0.29) is 5.41 Å². The first-order chi connectivity index (χ1) is 8.28. The van der Waals surface area contributed by atoms with Crippen LogP contribution in [0, 0.1) is 5.41 Å². The lowest BCUT2D eigenvalue weighted by molar-refractivity contribution is 0.0235. The van der Waals surface area contributed by atoms with Crippen molar-refractivity contribution in [3.63, 3.8) is 0 Å². The van der Waals surface area contributed by atoms with E-state index in [1.54, 1.807) is 7.11 Å². The summed E-state index contributed by atoms with van der Waals surface area (Å²) in [5.74, 6) is 1.70. The molecule has 0 spiro atoms. The van der Waals surface area contributed by atoms with Crippen LogP contribution in [-0.2, 0) is 0 Å². The van der Waals surface area contributed by atoms with Gasteiger partial charge in [-0.25, -0.2) is 0 Å². The maximum atomic E-state index is 9.33. The van der Waals surface area contributed by atoms with Crippen molar-refractivity contribution < 1.29 is 14.6 Å². The van der Waals surface area contributed by atoms with Gasteiger partial charge in [0.05, 0.1) is 13.7 Å². The molecule has 1 fully saturated rings. The molecule has 1 saturated carbocycles. The van der Waals surface area contributed by atoms with Crippen molar-refractivity contribution in [2.45, 2.75) is 25.7 Å². The summed E-state index contributed by atoms with van der Waals surface area (Å²) in [4.78, 5) is 0. The van der Waals surface area contributed by atoms with Gasteiger partial charge in [-0.05, 0) is 48.9 Å². The van der Waals surface area contributed by atoms with Crippen molar-refractivity contribution in [2.24, 2.45) is 5.41 Å². The predicted octanol–water partition coefficient (Wildman–Crippen LogP) is 2.63. The number of aliphatic hydroxyl groups is 1. The lowest BCUT2D eigenvalue weighted by atomic mass is 9.67. The molecule has 0 amide bonds. The number of aliphatic hydroxyl groups excluding tert-OH is 1. The van der Waals surface area contributed by atoms with E-state index < -0.39 is 0 Å². The van der Waals surface area contributed by atoms with E-state index in [2.05, 4.69) is 0 Å². The zero-order chi connectivity index (χ0) is 12.1. The third-order valence-corrected chi connectivity index (χ3v) is 3.71. The molecule has 94 valence electrons. The zero-order valence-electron chi connectivity index (χ0n) is 10.3. The third-order valence-electron chi connectivity index (χ3n) is 3.71. The average molecular weight is 236 g/mol. The Morgan fingerprint density at radius 2 is 1.82 bits per heavy atom. The van der Waals surface area contributed by atoms with Crippen LogP contribution in [0.2, 0.25) is 0 Å². The summed E-state index contributed by atoms with van der Waals surface area (Å²) in [6, 6.07) is 7.59. The van der Waals surface area contributed by atoms with Gasteiger partial charge in [-0.1, -0.05) is 6.42 Å². The van der Waals surface area contributed by atoms with E-state index in [0.29, 0.717) is 13.2 Å². The van der Waals surface area contributed by atoms with Gasteiger partial charge >= 0.3 is 0 Å². The minimum atomic E-state index is 0.145. The van der Waals surface area contributed by atoms with Gasteiger partial charge in [-0.2, -0.15) is 0 Å². The van der Waals surface area contributed by atoms with Gasteiger partial charge in [0.1, 0.15) is 11.5 Å². The van der Waals surface area contributed by atoms with Crippen LogP contribution in [0.25, 0.3) is 0 Å². The van der Waals surface area contributed by atoms with Gasteiger partial charge in [0.25, 0.3) is 0 Å². The Balaban J connectivity index is 1.77. The van der Waals surface area contributed by atoms with Crippen LogP contribution >= 0.6 is 0 Å². The third kappa shape index (κ3) is 2.91. The minimum Gasteiger partial charge on any atom is -0.497 e. The Morgan fingerprint density at radius 3 is 2.29 bits per heavy atom. The molecule has 0 bridgehead atoms. The molecule has 0 aliphatic heterocycles. The molecular weight excluding hydrogens is 216 g/mol. The molecule has 0 aromatic heterocycles. The van der Waals surface area contributed by atoms with E-state index in [9.17, 15) is 5.11 Å². The molecular formula is C14H20O3. The number of methoxy groups -OCH3 is 1. The van der Waals surface area contributed by atoms with Gasteiger partial charge in [0.15, 0.2) is 0 Å². The van der Waals surface area contributed by atoms with Crippen LogP contribution in [0.4, 0.5) is 0 Å². The molecule has 3 heteroatoms. The first-order valence-electron chi connectivity index (χ1n) is 6.16. The van der Waals surface area contributed by atoms with Crippen molar-refractivity contribution >= 4 is 0 Å². The van der Waals surface area contributed by atoms with Gasteiger partial charge in [0.2, 0.25) is 0 Å². The summed E-state index contributed by atoms with van der Waals surface area (Å²) in [5, 5.41) is 9.33. The molecule has 0 unspecified atom stereocenters. The molecule has 0 saturated heterocycles. The molecule has 0 atom stereocenters. The first kappa shape index (κ1) is 12.2. The van der Waals surface area contributed by atoms with Crippen LogP contribution in [-0.4, -0.2) is 25.4 Å².